The summed E-state index contributed by atoms with van der Waals surface area (Å²) in [5.74, 6) is 0. The highest BCUT2D eigenvalue weighted by Gasteiger charge is 2.23. The third-order valence-electron chi connectivity index (χ3n) is 18.7. The van der Waals surface area contributed by atoms with Gasteiger partial charge in [-0.1, -0.05) is 267 Å². The zero-order valence-corrected chi connectivity index (χ0v) is 56.1. The van der Waals surface area contributed by atoms with Gasteiger partial charge < -0.3 is 0 Å². The second-order valence-corrected chi connectivity index (χ2v) is 29.3. The summed E-state index contributed by atoms with van der Waals surface area (Å²) < 4.78 is 1.17. The third-order valence-corrected chi connectivity index (χ3v) is 24.4. The molecule has 5 heteroatoms. The van der Waals surface area contributed by atoms with Gasteiger partial charge in [0.1, 0.15) is 0 Å². The molecule has 0 aliphatic heterocycles. The van der Waals surface area contributed by atoms with Crippen LogP contribution in [0.25, 0.3) is 181 Å². The highest BCUT2D eigenvalue weighted by atomic mass is 79.9. The van der Waals surface area contributed by atoms with E-state index < -0.39 is 0 Å². The van der Waals surface area contributed by atoms with Crippen LogP contribution < -0.4 is 0 Å². The molecule has 4 heterocycles. The van der Waals surface area contributed by atoms with Crippen LogP contribution in [0.15, 0.2) is 338 Å². The molecule has 15 aromatic carbocycles. The first-order valence-corrected chi connectivity index (χ1v) is 36.1. The predicted octanol–water partition coefficient (Wildman–Crippen LogP) is 28.6. The third kappa shape index (κ3) is 10.2. The molecule has 95 heavy (non-hydrogen) atoms. The zero-order chi connectivity index (χ0) is 62.9. The van der Waals surface area contributed by atoms with Gasteiger partial charge in [0, 0.05) is 54.6 Å². The average molecular weight is 1340 g/mol. The fourth-order valence-corrected chi connectivity index (χ4v) is 19.4. The molecule has 0 bridgehead atoms. The van der Waals surface area contributed by atoms with Crippen molar-refractivity contribution in [2.45, 2.75) is 0 Å². The lowest BCUT2D eigenvalue weighted by Gasteiger charge is -2.21. The normalized spacial score (nSPS) is 11.6. The Morgan fingerprint density at radius 3 is 0.821 bits per heavy atom. The highest BCUT2D eigenvalue weighted by molar-refractivity contribution is 9.10. The van der Waals surface area contributed by atoms with Crippen molar-refractivity contribution in [1.29, 1.82) is 0 Å². The lowest BCUT2D eigenvalue weighted by Crippen LogP contribution is -1.93. The summed E-state index contributed by atoms with van der Waals surface area (Å²) in [6.07, 6.45) is 0. The molecule has 19 aromatic rings. The molecule has 0 N–H and O–H groups in total. The van der Waals surface area contributed by atoms with Crippen molar-refractivity contribution in [3.63, 3.8) is 0 Å². The van der Waals surface area contributed by atoms with Crippen LogP contribution in [-0.2, 0) is 0 Å². The van der Waals surface area contributed by atoms with E-state index in [9.17, 15) is 0 Å². The van der Waals surface area contributed by atoms with Crippen LogP contribution in [0.2, 0.25) is 0 Å². The van der Waals surface area contributed by atoms with Crippen molar-refractivity contribution >= 4 is 147 Å². The first-order valence-electron chi connectivity index (χ1n) is 32.0. The van der Waals surface area contributed by atoms with E-state index in [0.717, 1.165) is 0 Å². The summed E-state index contributed by atoms with van der Waals surface area (Å²) in [5, 5.41) is 20.2. The summed E-state index contributed by atoms with van der Waals surface area (Å²) in [6.45, 7) is 0. The van der Waals surface area contributed by atoms with Gasteiger partial charge in [0.05, 0.1) is 0 Å². The minimum atomic E-state index is 1.17. The topological polar surface area (TPSA) is 0 Å². The summed E-state index contributed by atoms with van der Waals surface area (Å²) in [6, 6.07) is 123. The molecule has 0 radical (unpaired) electrons. The summed E-state index contributed by atoms with van der Waals surface area (Å²) in [5.41, 5.74) is 12.6. The van der Waals surface area contributed by atoms with Crippen LogP contribution in [0.4, 0.5) is 0 Å². The lowest BCUT2D eigenvalue weighted by atomic mass is 9.83. The van der Waals surface area contributed by atoms with Crippen LogP contribution in [0.5, 0.6) is 0 Å². The molecule has 4 aromatic heterocycles. The number of halogens is 1. The Morgan fingerprint density at radius 1 is 0.158 bits per heavy atom. The first kappa shape index (κ1) is 57.3. The molecule has 0 aliphatic rings. The molecule has 0 nitrogen and oxygen atoms in total. The molecule has 19 rings (SSSR count). The second-order valence-electron chi connectivity index (χ2n) is 24.2. The lowest BCUT2D eigenvalue weighted by molar-refractivity contribution is 1.67. The number of benzene rings is 15. The van der Waals surface area contributed by atoms with Crippen LogP contribution >= 0.6 is 61.3 Å². The Labute approximate surface area is 575 Å². The molecule has 0 atom stereocenters. The Bertz CT molecular complexity index is 6070. The quantitative estimate of drug-likeness (QED) is 0.126. The largest absolute Gasteiger partial charge is 0.134 e. The van der Waals surface area contributed by atoms with Crippen molar-refractivity contribution in [1.82, 2.24) is 0 Å². The SMILES string of the molecule is Brc1c2ccccc2c(-c2ccc(-c3ccc(-c4ccccc4)s3)s2)c2ccccc12.c1ccc(-c2ccc(-c3ccc(-c4c5ccccc5c(-c5ccc6c(-c7ccc8ccccc8c7)c7ccccc7c(-c7ccc8ccccc8c7)c6c5)c5ccccc45)s3)s2)cc1. The molecule has 0 saturated heterocycles. The standard InChI is InChI=1S/C62H38S2.C28H17BrS2/c1-2-16-41(17-3-1)55-32-33-56(63-55)57-34-35-58(64-57)62-51-24-12-10-22-49(51)60(50-23-11-13-25-52(50)62)46-30-31-53-54(38-46)61(45-29-27-40-15-5-7-19-43(40)37-45)48-21-9-8-20-47(48)59(53)44-28-26-39-14-4-6-18-42(39)36-44;29-28-21-12-6-4-10-19(21)27(20-11-5-7-13-22(20)28)26-17-16-25(31-26)24-15-14-23(30-24)18-8-2-1-3-9-18/h1-38H;1-17H. The summed E-state index contributed by atoms with van der Waals surface area (Å²) in [7, 11) is 0. The highest BCUT2D eigenvalue weighted by Crippen LogP contribution is 2.52. The maximum absolute atomic E-state index is 3.86. The molecule has 0 spiro atoms. The van der Waals surface area contributed by atoms with Crippen molar-refractivity contribution < 1.29 is 0 Å². The van der Waals surface area contributed by atoms with Gasteiger partial charge in [-0.25, -0.2) is 0 Å². The fourth-order valence-electron chi connectivity index (χ4n) is 14.4. The molecule has 0 amide bonds. The molecule has 0 fully saturated rings. The molecule has 0 saturated carbocycles. The van der Waals surface area contributed by atoms with E-state index >= 15 is 0 Å². The van der Waals surface area contributed by atoms with Gasteiger partial charge in [0.25, 0.3) is 0 Å². The molecular formula is C90H55BrS4. The monoisotopic (exact) mass is 1340 g/mol. The zero-order valence-electron chi connectivity index (χ0n) is 51.3. The van der Waals surface area contributed by atoms with Gasteiger partial charge in [-0.05, 0) is 213 Å². The average Bonchev–Trinajstić information content (AvgIpc) is 1.02. The number of thiophene rings is 4. The second kappa shape index (κ2) is 24.2. The number of hydrogen-bond donors (Lipinski definition) is 0. The fraction of sp³-hybridized carbons (Fsp3) is 0. The van der Waals surface area contributed by atoms with E-state index in [1.807, 2.05) is 45.3 Å². The van der Waals surface area contributed by atoms with Crippen LogP contribution in [0, 0.1) is 0 Å². The number of fused-ring (bicyclic) bond motifs is 8. The van der Waals surface area contributed by atoms with E-state index in [1.165, 1.54) is 185 Å². The Balaban J connectivity index is 0.000000178. The minimum Gasteiger partial charge on any atom is -0.134 e. The Hall–Kier alpha value is -10.3. The van der Waals surface area contributed by atoms with Crippen molar-refractivity contribution in [2.24, 2.45) is 0 Å². The van der Waals surface area contributed by atoms with E-state index in [1.54, 1.807) is 0 Å². The molecule has 0 aliphatic carbocycles. The maximum Gasteiger partial charge on any atom is 0.0449 e. The molecule has 446 valence electrons. The van der Waals surface area contributed by atoms with Crippen LogP contribution in [-0.4, -0.2) is 0 Å². The van der Waals surface area contributed by atoms with Gasteiger partial charge >= 0.3 is 0 Å². The van der Waals surface area contributed by atoms with Crippen molar-refractivity contribution in [3.05, 3.63) is 338 Å². The van der Waals surface area contributed by atoms with E-state index in [0.29, 0.717) is 0 Å². The van der Waals surface area contributed by atoms with Crippen molar-refractivity contribution in [2.75, 3.05) is 0 Å². The Morgan fingerprint density at radius 2 is 0.421 bits per heavy atom. The van der Waals surface area contributed by atoms with Crippen LogP contribution in [0.1, 0.15) is 0 Å². The van der Waals surface area contributed by atoms with Gasteiger partial charge in [-0.2, -0.15) is 0 Å². The maximum atomic E-state index is 3.86. The number of hydrogen-bond acceptors (Lipinski definition) is 4. The summed E-state index contributed by atoms with van der Waals surface area (Å²) >= 11 is 11.4. The van der Waals surface area contributed by atoms with Gasteiger partial charge in [0.2, 0.25) is 0 Å². The van der Waals surface area contributed by atoms with Gasteiger partial charge in [-0.15, -0.1) is 45.3 Å². The smallest absolute Gasteiger partial charge is 0.0449 e. The first-order chi connectivity index (χ1) is 47.0. The predicted molar refractivity (Wildman–Crippen MR) is 421 cm³/mol. The van der Waals surface area contributed by atoms with Crippen LogP contribution in [0.3, 0.4) is 0 Å². The minimum absolute atomic E-state index is 1.17. The summed E-state index contributed by atoms with van der Waals surface area (Å²) in [4.78, 5) is 10.4. The Kier molecular flexibility index (Phi) is 14.6. The van der Waals surface area contributed by atoms with E-state index in [4.69, 9.17) is 0 Å². The number of rotatable bonds is 9. The van der Waals surface area contributed by atoms with E-state index in [-0.39, 0.29) is 0 Å². The van der Waals surface area contributed by atoms with Crippen molar-refractivity contribution in [3.8, 4) is 94.7 Å². The van der Waals surface area contributed by atoms with E-state index in [2.05, 4.69) is 350 Å². The molecule has 0 unspecified atom stereocenters. The molecular weight excluding hydrogens is 1290 g/mol. The van der Waals surface area contributed by atoms with Gasteiger partial charge in [-0.3, -0.25) is 0 Å². The van der Waals surface area contributed by atoms with Gasteiger partial charge in [0.15, 0.2) is 0 Å².